The lowest BCUT2D eigenvalue weighted by Gasteiger charge is -2.26. The van der Waals surface area contributed by atoms with Crippen LogP contribution in [-0.2, 0) is 11.3 Å². The van der Waals surface area contributed by atoms with Crippen molar-refractivity contribution < 1.29 is 4.74 Å². The second-order valence-corrected chi connectivity index (χ2v) is 5.84. The quantitative estimate of drug-likeness (QED) is 0.912. The van der Waals surface area contributed by atoms with Gasteiger partial charge in [-0.05, 0) is 18.8 Å². The van der Waals surface area contributed by atoms with Crippen molar-refractivity contribution in [3.05, 3.63) is 27.9 Å². The third kappa shape index (κ3) is 3.27. The van der Waals surface area contributed by atoms with Gasteiger partial charge in [0.25, 0.3) is 5.56 Å². The molecule has 1 aliphatic carbocycles. The van der Waals surface area contributed by atoms with Crippen molar-refractivity contribution in [3.8, 4) is 0 Å². The summed E-state index contributed by atoms with van der Waals surface area (Å²) in [6, 6.07) is 0. The summed E-state index contributed by atoms with van der Waals surface area (Å²) in [5.41, 5.74) is 0.950. The van der Waals surface area contributed by atoms with E-state index in [1.807, 2.05) is 6.20 Å². The first-order valence-electron chi connectivity index (χ1n) is 7.71. The third-order valence-corrected chi connectivity index (χ3v) is 4.40. The van der Waals surface area contributed by atoms with Gasteiger partial charge in [0, 0.05) is 24.8 Å². The lowest BCUT2D eigenvalue weighted by Crippen LogP contribution is -2.36. The fourth-order valence-corrected chi connectivity index (χ4v) is 3.20. The number of morpholine rings is 1. The maximum absolute atomic E-state index is 12.2. The van der Waals surface area contributed by atoms with Crippen molar-refractivity contribution in [1.82, 2.24) is 14.9 Å². The highest BCUT2D eigenvalue weighted by atomic mass is 16.5. The zero-order valence-corrected chi connectivity index (χ0v) is 11.9. The van der Waals surface area contributed by atoms with Gasteiger partial charge in [0.05, 0.1) is 19.8 Å². The highest BCUT2D eigenvalue weighted by molar-refractivity contribution is 5.13. The Kier molecular flexibility index (Phi) is 4.47. The molecular weight excluding hydrogens is 254 g/mol. The summed E-state index contributed by atoms with van der Waals surface area (Å²) in [5.74, 6) is 1.19. The molecule has 0 amide bonds. The van der Waals surface area contributed by atoms with Gasteiger partial charge in [-0.1, -0.05) is 19.3 Å². The molecular formula is C15H23N3O2. The molecule has 5 heteroatoms. The zero-order chi connectivity index (χ0) is 13.8. The molecule has 0 atom stereocenters. The Hall–Kier alpha value is -1.20. The molecule has 1 N–H and O–H groups in total. The van der Waals surface area contributed by atoms with E-state index in [0.29, 0.717) is 12.5 Å². The molecule has 1 aromatic rings. The van der Waals surface area contributed by atoms with Gasteiger partial charge >= 0.3 is 0 Å². The molecule has 2 heterocycles. The van der Waals surface area contributed by atoms with E-state index in [1.165, 1.54) is 19.3 Å². The molecule has 2 fully saturated rings. The first kappa shape index (κ1) is 13.8. The fraction of sp³-hybridized carbons (Fsp3) is 0.733. The Morgan fingerprint density at radius 1 is 1.25 bits per heavy atom. The summed E-state index contributed by atoms with van der Waals surface area (Å²) in [7, 11) is 0. The molecule has 0 unspecified atom stereocenters. The van der Waals surface area contributed by atoms with E-state index in [2.05, 4.69) is 14.9 Å². The highest BCUT2D eigenvalue weighted by Gasteiger charge is 2.19. The van der Waals surface area contributed by atoms with Gasteiger partial charge in [0.1, 0.15) is 5.82 Å². The molecule has 0 bridgehead atoms. The van der Waals surface area contributed by atoms with Gasteiger partial charge in [0.2, 0.25) is 0 Å². The number of nitrogens with zero attached hydrogens (tertiary/aromatic N) is 2. The number of hydrogen-bond donors (Lipinski definition) is 1. The molecule has 110 valence electrons. The van der Waals surface area contributed by atoms with E-state index in [9.17, 15) is 4.79 Å². The number of ether oxygens (including phenoxy) is 1. The largest absolute Gasteiger partial charge is 0.379 e. The van der Waals surface area contributed by atoms with Gasteiger partial charge in [0.15, 0.2) is 0 Å². The Morgan fingerprint density at radius 3 is 2.70 bits per heavy atom. The zero-order valence-electron chi connectivity index (χ0n) is 11.9. The Bertz CT molecular complexity index is 488. The van der Waals surface area contributed by atoms with E-state index in [0.717, 1.165) is 50.5 Å². The van der Waals surface area contributed by atoms with E-state index >= 15 is 0 Å². The maximum atomic E-state index is 12.2. The topological polar surface area (TPSA) is 58.2 Å². The summed E-state index contributed by atoms with van der Waals surface area (Å²) < 4.78 is 5.33. The SMILES string of the molecule is O=c1[nH]c(CN2CCOCC2)ncc1C1CCCCC1. The molecule has 1 saturated carbocycles. The van der Waals surface area contributed by atoms with Gasteiger partial charge in [-0.15, -0.1) is 0 Å². The minimum Gasteiger partial charge on any atom is -0.379 e. The van der Waals surface area contributed by atoms with Crippen LogP contribution in [0, 0.1) is 0 Å². The van der Waals surface area contributed by atoms with Crippen molar-refractivity contribution in [2.45, 2.75) is 44.6 Å². The first-order chi connectivity index (χ1) is 9.83. The van der Waals surface area contributed by atoms with Crippen LogP contribution in [0.1, 0.15) is 49.4 Å². The number of nitrogens with one attached hydrogen (secondary N) is 1. The molecule has 1 saturated heterocycles. The van der Waals surface area contributed by atoms with Crippen LogP contribution in [0.2, 0.25) is 0 Å². The normalized spacial score (nSPS) is 22.0. The summed E-state index contributed by atoms with van der Waals surface area (Å²) in [6.07, 6.45) is 7.85. The molecule has 0 aromatic carbocycles. The van der Waals surface area contributed by atoms with Gasteiger partial charge in [-0.3, -0.25) is 9.69 Å². The Labute approximate surface area is 119 Å². The molecule has 5 nitrogen and oxygen atoms in total. The summed E-state index contributed by atoms with van der Waals surface area (Å²) in [5, 5.41) is 0. The van der Waals surface area contributed by atoms with Crippen LogP contribution in [0.25, 0.3) is 0 Å². The lowest BCUT2D eigenvalue weighted by molar-refractivity contribution is 0.0330. The average molecular weight is 277 g/mol. The van der Waals surface area contributed by atoms with Gasteiger partial charge < -0.3 is 9.72 Å². The van der Waals surface area contributed by atoms with Crippen LogP contribution in [0.3, 0.4) is 0 Å². The van der Waals surface area contributed by atoms with Crippen LogP contribution < -0.4 is 5.56 Å². The van der Waals surface area contributed by atoms with Crippen LogP contribution in [0.5, 0.6) is 0 Å². The smallest absolute Gasteiger partial charge is 0.254 e. The van der Waals surface area contributed by atoms with Gasteiger partial charge in [-0.2, -0.15) is 0 Å². The average Bonchev–Trinajstić information content (AvgIpc) is 2.49. The predicted molar refractivity (Wildman–Crippen MR) is 76.8 cm³/mol. The third-order valence-electron chi connectivity index (χ3n) is 4.40. The molecule has 0 radical (unpaired) electrons. The molecule has 20 heavy (non-hydrogen) atoms. The first-order valence-corrected chi connectivity index (χ1v) is 7.71. The van der Waals surface area contributed by atoms with E-state index in [4.69, 9.17) is 4.74 Å². The van der Waals surface area contributed by atoms with E-state index < -0.39 is 0 Å². The molecule has 1 aliphatic heterocycles. The number of aromatic nitrogens is 2. The number of H-pyrrole nitrogens is 1. The highest BCUT2D eigenvalue weighted by Crippen LogP contribution is 2.30. The van der Waals surface area contributed by atoms with Crippen LogP contribution >= 0.6 is 0 Å². The minimum atomic E-state index is 0.0650. The second-order valence-electron chi connectivity index (χ2n) is 5.84. The molecule has 1 aromatic heterocycles. The van der Waals surface area contributed by atoms with E-state index in [-0.39, 0.29) is 5.56 Å². The number of hydrogen-bond acceptors (Lipinski definition) is 4. The minimum absolute atomic E-state index is 0.0650. The van der Waals surface area contributed by atoms with Crippen LogP contribution in [-0.4, -0.2) is 41.2 Å². The molecule has 3 rings (SSSR count). The Balaban J connectivity index is 1.68. The number of aromatic amines is 1. The second kappa shape index (κ2) is 6.50. The summed E-state index contributed by atoms with van der Waals surface area (Å²) >= 11 is 0. The summed E-state index contributed by atoms with van der Waals surface area (Å²) in [6.45, 7) is 4.07. The van der Waals surface area contributed by atoms with Crippen LogP contribution in [0.4, 0.5) is 0 Å². The molecule has 0 spiro atoms. The van der Waals surface area contributed by atoms with Crippen molar-refractivity contribution in [3.63, 3.8) is 0 Å². The lowest BCUT2D eigenvalue weighted by atomic mass is 9.85. The van der Waals surface area contributed by atoms with E-state index in [1.54, 1.807) is 0 Å². The fourth-order valence-electron chi connectivity index (χ4n) is 3.20. The summed E-state index contributed by atoms with van der Waals surface area (Å²) in [4.78, 5) is 22.0. The maximum Gasteiger partial charge on any atom is 0.254 e. The van der Waals surface area contributed by atoms with Crippen molar-refractivity contribution in [2.24, 2.45) is 0 Å². The van der Waals surface area contributed by atoms with Crippen molar-refractivity contribution in [1.29, 1.82) is 0 Å². The number of rotatable bonds is 3. The standard InChI is InChI=1S/C15H23N3O2/c19-15-13(12-4-2-1-3-5-12)10-16-14(17-15)11-18-6-8-20-9-7-18/h10,12H,1-9,11H2,(H,16,17,19). The van der Waals surface area contributed by atoms with Crippen molar-refractivity contribution >= 4 is 0 Å². The van der Waals surface area contributed by atoms with Crippen LogP contribution in [0.15, 0.2) is 11.0 Å². The predicted octanol–water partition coefficient (Wildman–Crippen LogP) is 1.65. The monoisotopic (exact) mass is 277 g/mol. The van der Waals surface area contributed by atoms with Crippen molar-refractivity contribution in [2.75, 3.05) is 26.3 Å². The molecule has 2 aliphatic rings. The van der Waals surface area contributed by atoms with Gasteiger partial charge in [-0.25, -0.2) is 4.98 Å². The Morgan fingerprint density at radius 2 is 2.00 bits per heavy atom.